The Kier molecular flexibility index (Phi) is 5.84. The summed E-state index contributed by atoms with van der Waals surface area (Å²) in [6.07, 6.45) is 3.92. The number of carbonyl (C=O) groups is 2. The lowest BCUT2D eigenvalue weighted by Gasteiger charge is -2.37. The van der Waals surface area contributed by atoms with E-state index in [-0.39, 0.29) is 11.9 Å². The zero-order valence-electron chi connectivity index (χ0n) is 17.0. The molecule has 0 spiro atoms. The molecule has 0 unspecified atom stereocenters. The quantitative estimate of drug-likeness (QED) is 0.611. The van der Waals surface area contributed by atoms with Gasteiger partial charge in [0, 0.05) is 44.1 Å². The van der Waals surface area contributed by atoms with E-state index in [4.69, 9.17) is 4.74 Å². The normalized spacial score (nSPS) is 13.9. The maximum atomic E-state index is 12.7. The monoisotopic (exact) mass is 403 g/mol. The zero-order valence-corrected chi connectivity index (χ0v) is 17.0. The minimum absolute atomic E-state index is 0.0681. The third-order valence-corrected chi connectivity index (χ3v) is 5.30. The molecule has 1 fully saturated rings. The van der Waals surface area contributed by atoms with Gasteiger partial charge in [0.25, 0.3) is 5.91 Å². The number of piperazine rings is 1. The fourth-order valence-corrected chi connectivity index (χ4v) is 3.75. The van der Waals surface area contributed by atoms with E-state index in [0.717, 1.165) is 30.0 Å². The average molecular weight is 403 g/mol. The van der Waals surface area contributed by atoms with E-state index in [1.54, 1.807) is 6.92 Å². The number of esters is 1. The van der Waals surface area contributed by atoms with Crippen LogP contribution in [-0.2, 0) is 4.74 Å². The molecule has 0 atom stereocenters. The molecule has 2 heterocycles. The molecule has 1 amide bonds. The number of nitrogens with zero attached hydrogens (tertiary/aromatic N) is 3. The number of carbonyl (C=O) groups excluding carboxylic acids is 2. The molecule has 0 N–H and O–H groups in total. The van der Waals surface area contributed by atoms with E-state index in [9.17, 15) is 9.59 Å². The van der Waals surface area contributed by atoms with Gasteiger partial charge < -0.3 is 19.1 Å². The predicted octanol–water partition coefficient (Wildman–Crippen LogP) is 3.62. The second-order valence-corrected chi connectivity index (χ2v) is 7.16. The van der Waals surface area contributed by atoms with Crippen LogP contribution in [0.4, 0.5) is 5.69 Å². The molecule has 3 aromatic rings. The Morgan fingerprint density at radius 2 is 1.53 bits per heavy atom. The third-order valence-electron chi connectivity index (χ3n) is 5.30. The summed E-state index contributed by atoms with van der Waals surface area (Å²) < 4.78 is 7.16. The van der Waals surface area contributed by atoms with Crippen molar-refractivity contribution in [1.29, 1.82) is 0 Å². The number of aromatic nitrogens is 1. The van der Waals surface area contributed by atoms with Gasteiger partial charge in [0.1, 0.15) is 0 Å². The molecule has 0 aliphatic carbocycles. The standard InChI is InChI=1S/C24H25N3O3/c1-2-30-24(29)20-10-11-21(22(18-20)25-12-6-7-13-25)26-14-16-27(17-15-26)23(28)19-8-4-3-5-9-19/h3-13,18H,2,14-17H2,1H3. The Morgan fingerprint density at radius 1 is 0.833 bits per heavy atom. The van der Waals surface area contributed by atoms with Crippen LogP contribution >= 0.6 is 0 Å². The molecule has 154 valence electrons. The highest BCUT2D eigenvalue weighted by Crippen LogP contribution is 2.28. The SMILES string of the molecule is CCOC(=O)c1ccc(N2CCN(C(=O)c3ccccc3)CC2)c(-n2cccc2)c1. The predicted molar refractivity (Wildman–Crippen MR) is 116 cm³/mol. The van der Waals surface area contributed by atoms with E-state index in [2.05, 4.69) is 4.90 Å². The highest BCUT2D eigenvalue weighted by Gasteiger charge is 2.24. The average Bonchev–Trinajstić information content (AvgIpc) is 3.34. The Hall–Kier alpha value is -3.54. The van der Waals surface area contributed by atoms with Gasteiger partial charge in [0.05, 0.1) is 23.5 Å². The van der Waals surface area contributed by atoms with E-state index >= 15 is 0 Å². The van der Waals surface area contributed by atoms with Crippen molar-refractivity contribution in [3.8, 4) is 5.69 Å². The summed E-state index contributed by atoms with van der Waals surface area (Å²) in [5.74, 6) is -0.255. The van der Waals surface area contributed by atoms with Crippen LogP contribution in [0.2, 0.25) is 0 Å². The Balaban J connectivity index is 1.54. The number of ether oxygens (including phenoxy) is 1. The molecule has 0 radical (unpaired) electrons. The molecule has 2 aromatic carbocycles. The van der Waals surface area contributed by atoms with Crippen molar-refractivity contribution >= 4 is 17.6 Å². The van der Waals surface area contributed by atoms with Gasteiger partial charge in [-0.2, -0.15) is 0 Å². The summed E-state index contributed by atoms with van der Waals surface area (Å²) in [6, 6.07) is 19.0. The summed E-state index contributed by atoms with van der Waals surface area (Å²) in [7, 11) is 0. The van der Waals surface area contributed by atoms with Gasteiger partial charge in [0.2, 0.25) is 0 Å². The van der Waals surface area contributed by atoms with E-state index < -0.39 is 0 Å². The zero-order chi connectivity index (χ0) is 20.9. The van der Waals surface area contributed by atoms with Crippen LogP contribution in [0.1, 0.15) is 27.6 Å². The summed E-state index contributed by atoms with van der Waals surface area (Å²) in [5, 5.41) is 0. The summed E-state index contributed by atoms with van der Waals surface area (Å²) in [6.45, 7) is 4.90. The molecule has 1 aliphatic rings. The van der Waals surface area contributed by atoms with Crippen LogP contribution in [0, 0.1) is 0 Å². The fourth-order valence-electron chi connectivity index (χ4n) is 3.75. The molecule has 6 nitrogen and oxygen atoms in total. The molecule has 0 saturated carbocycles. The van der Waals surface area contributed by atoms with Crippen LogP contribution < -0.4 is 4.90 Å². The second-order valence-electron chi connectivity index (χ2n) is 7.16. The van der Waals surface area contributed by atoms with Crippen LogP contribution in [0.5, 0.6) is 0 Å². The van der Waals surface area contributed by atoms with Crippen LogP contribution in [0.15, 0.2) is 73.1 Å². The summed E-state index contributed by atoms with van der Waals surface area (Å²) >= 11 is 0. The number of benzene rings is 2. The number of amides is 1. The first-order valence-corrected chi connectivity index (χ1v) is 10.2. The van der Waals surface area contributed by atoms with Gasteiger partial charge in [-0.15, -0.1) is 0 Å². The number of hydrogen-bond donors (Lipinski definition) is 0. The molecular formula is C24H25N3O3. The van der Waals surface area contributed by atoms with Crippen molar-refractivity contribution < 1.29 is 14.3 Å². The Morgan fingerprint density at radius 3 is 2.20 bits per heavy atom. The van der Waals surface area contributed by atoms with Crippen molar-refractivity contribution in [2.75, 3.05) is 37.7 Å². The molecule has 1 aromatic heterocycles. The van der Waals surface area contributed by atoms with E-state index in [0.29, 0.717) is 25.3 Å². The van der Waals surface area contributed by atoms with Gasteiger partial charge in [-0.3, -0.25) is 4.79 Å². The maximum Gasteiger partial charge on any atom is 0.338 e. The van der Waals surface area contributed by atoms with Crippen LogP contribution in [-0.4, -0.2) is 54.1 Å². The maximum absolute atomic E-state index is 12.7. The number of rotatable bonds is 5. The molecule has 4 rings (SSSR count). The first-order valence-electron chi connectivity index (χ1n) is 10.2. The third kappa shape index (κ3) is 4.08. The fraction of sp³-hybridized carbons (Fsp3) is 0.250. The lowest BCUT2D eigenvalue weighted by atomic mass is 10.1. The van der Waals surface area contributed by atoms with Crippen LogP contribution in [0.3, 0.4) is 0 Å². The largest absolute Gasteiger partial charge is 0.462 e. The Bertz CT molecular complexity index is 1010. The van der Waals surface area contributed by atoms with Gasteiger partial charge >= 0.3 is 5.97 Å². The van der Waals surface area contributed by atoms with E-state index in [1.165, 1.54) is 0 Å². The highest BCUT2D eigenvalue weighted by atomic mass is 16.5. The highest BCUT2D eigenvalue weighted by molar-refractivity contribution is 5.94. The van der Waals surface area contributed by atoms with Gasteiger partial charge in [-0.1, -0.05) is 18.2 Å². The van der Waals surface area contributed by atoms with Crippen molar-refractivity contribution in [3.05, 3.63) is 84.2 Å². The molecule has 1 aliphatic heterocycles. The first-order chi connectivity index (χ1) is 14.7. The summed E-state index contributed by atoms with van der Waals surface area (Å²) in [4.78, 5) is 29.1. The van der Waals surface area contributed by atoms with Crippen LogP contribution in [0.25, 0.3) is 5.69 Å². The van der Waals surface area contributed by atoms with Crippen molar-refractivity contribution in [2.45, 2.75) is 6.92 Å². The Labute approximate surface area is 176 Å². The minimum Gasteiger partial charge on any atom is -0.462 e. The van der Waals surface area contributed by atoms with Gasteiger partial charge in [-0.25, -0.2) is 4.79 Å². The van der Waals surface area contributed by atoms with Gasteiger partial charge in [0.15, 0.2) is 0 Å². The summed E-state index contributed by atoms with van der Waals surface area (Å²) in [5.41, 5.74) is 3.21. The minimum atomic E-state index is -0.323. The first kappa shape index (κ1) is 19.8. The molecule has 1 saturated heterocycles. The van der Waals surface area contributed by atoms with Crippen molar-refractivity contribution in [1.82, 2.24) is 9.47 Å². The van der Waals surface area contributed by atoms with Gasteiger partial charge in [-0.05, 0) is 49.4 Å². The van der Waals surface area contributed by atoms with E-state index in [1.807, 2.05) is 82.5 Å². The topological polar surface area (TPSA) is 54.8 Å². The molecule has 6 heteroatoms. The van der Waals surface area contributed by atoms with Crippen molar-refractivity contribution in [2.24, 2.45) is 0 Å². The molecule has 0 bridgehead atoms. The number of hydrogen-bond acceptors (Lipinski definition) is 4. The smallest absolute Gasteiger partial charge is 0.338 e. The molecule has 30 heavy (non-hydrogen) atoms. The van der Waals surface area contributed by atoms with Crippen molar-refractivity contribution in [3.63, 3.8) is 0 Å². The lowest BCUT2D eigenvalue weighted by molar-refractivity contribution is 0.0526. The second kappa shape index (κ2) is 8.86. The lowest BCUT2D eigenvalue weighted by Crippen LogP contribution is -2.49. The molecular weight excluding hydrogens is 378 g/mol. The number of anilines is 1.